The van der Waals surface area contributed by atoms with Gasteiger partial charge in [0.2, 0.25) is 0 Å². The van der Waals surface area contributed by atoms with Gasteiger partial charge < -0.3 is 14.2 Å². The fraction of sp³-hybridized carbons (Fsp3) is 0.667. The van der Waals surface area contributed by atoms with Crippen molar-refractivity contribution in [2.45, 2.75) is 44.6 Å². The summed E-state index contributed by atoms with van der Waals surface area (Å²) in [6, 6.07) is 10.8. The highest BCUT2D eigenvalue weighted by Crippen LogP contribution is 2.31. The highest BCUT2D eigenvalue weighted by molar-refractivity contribution is 5.13. The van der Waals surface area contributed by atoms with E-state index in [0.29, 0.717) is 18.8 Å². The Kier molecular flexibility index (Phi) is 5.84. The lowest BCUT2D eigenvalue weighted by Crippen LogP contribution is -2.44. The summed E-state index contributed by atoms with van der Waals surface area (Å²) >= 11 is 0. The molecule has 0 unspecified atom stereocenters. The minimum atomic E-state index is 0.238. The molecule has 1 saturated carbocycles. The van der Waals surface area contributed by atoms with E-state index in [1.165, 1.54) is 12.0 Å². The number of hydrogen-bond acceptors (Lipinski definition) is 4. The van der Waals surface area contributed by atoms with E-state index >= 15 is 0 Å². The minimum Gasteiger partial charge on any atom is -0.375 e. The molecule has 0 radical (unpaired) electrons. The molecule has 0 spiro atoms. The van der Waals surface area contributed by atoms with Crippen LogP contribution in [0.3, 0.4) is 0 Å². The first-order valence-corrected chi connectivity index (χ1v) is 8.47. The molecule has 3 rings (SSSR count). The van der Waals surface area contributed by atoms with E-state index in [1.54, 1.807) is 0 Å². The van der Waals surface area contributed by atoms with Gasteiger partial charge >= 0.3 is 0 Å². The van der Waals surface area contributed by atoms with Gasteiger partial charge in [0, 0.05) is 25.7 Å². The maximum absolute atomic E-state index is 5.96. The van der Waals surface area contributed by atoms with E-state index in [1.807, 2.05) is 6.07 Å². The SMILES string of the molecule is CCO[C@H]1[C@H]2CC[C@H]1OCCN2CCOCc1ccccc1. The lowest BCUT2D eigenvalue weighted by Gasteiger charge is -2.30. The van der Waals surface area contributed by atoms with Crippen molar-refractivity contribution < 1.29 is 14.2 Å². The van der Waals surface area contributed by atoms with Crippen LogP contribution in [-0.4, -0.2) is 56.1 Å². The average Bonchev–Trinajstić information content (AvgIpc) is 2.84. The summed E-state index contributed by atoms with van der Waals surface area (Å²) in [5.74, 6) is 0. The number of benzene rings is 1. The molecule has 0 aromatic heterocycles. The summed E-state index contributed by atoms with van der Waals surface area (Å²) in [6.07, 6.45) is 2.83. The topological polar surface area (TPSA) is 30.9 Å². The van der Waals surface area contributed by atoms with Gasteiger partial charge in [-0.1, -0.05) is 30.3 Å². The smallest absolute Gasteiger partial charge is 0.0991 e. The molecular formula is C18H27NO3. The molecule has 4 nitrogen and oxygen atoms in total. The van der Waals surface area contributed by atoms with E-state index in [4.69, 9.17) is 14.2 Å². The van der Waals surface area contributed by atoms with Crippen molar-refractivity contribution in [3.8, 4) is 0 Å². The lowest BCUT2D eigenvalue weighted by molar-refractivity contribution is -0.0504. The zero-order valence-corrected chi connectivity index (χ0v) is 13.4. The zero-order valence-electron chi connectivity index (χ0n) is 13.4. The number of hydrogen-bond donors (Lipinski definition) is 0. The molecule has 3 atom stereocenters. The second-order valence-corrected chi connectivity index (χ2v) is 6.05. The van der Waals surface area contributed by atoms with Gasteiger partial charge in [0.25, 0.3) is 0 Å². The van der Waals surface area contributed by atoms with Crippen molar-refractivity contribution in [2.24, 2.45) is 0 Å². The summed E-state index contributed by atoms with van der Waals surface area (Å²) in [4.78, 5) is 2.50. The largest absolute Gasteiger partial charge is 0.375 e. The van der Waals surface area contributed by atoms with Crippen LogP contribution < -0.4 is 0 Å². The number of rotatable bonds is 7. The summed E-state index contributed by atoms with van der Waals surface area (Å²) < 4.78 is 17.7. The first-order valence-electron chi connectivity index (χ1n) is 8.47. The molecule has 1 aliphatic carbocycles. The molecule has 22 heavy (non-hydrogen) atoms. The normalized spacial score (nSPS) is 28.7. The monoisotopic (exact) mass is 305 g/mol. The second-order valence-electron chi connectivity index (χ2n) is 6.05. The molecule has 1 aromatic carbocycles. The summed E-state index contributed by atoms with van der Waals surface area (Å²) in [7, 11) is 0. The van der Waals surface area contributed by atoms with Gasteiger partial charge in [0.1, 0.15) is 0 Å². The highest BCUT2D eigenvalue weighted by Gasteiger charge is 2.42. The fourth-order valence-corrected chi connectivity index (χ4v) is 3.60. The molecule has 2 fully saturated rings. The molecule has 1 saturated heterocycles. The Bertz CT molecular complexity index is 439. The van der Waals surface area contributed by atoms with Crippen LogP contribution in [0, 0.1) is 0 Å². The van der Waals surface area contributed by atoms with Crippen molar-refractivity contribution in [2.75, 3.05) is 32.9 Å². The Morgan fingerprint density at radius 2 is 2.09 bits per heavy atom. The second kappa shape index (κ2) is 8.06. The number of ether oxygens (including phenoxy) is 3. The standard InChI is InChI=1S/C18H27NO3/c1-2-21-18-16-8-9-17(18)22-13-11-19(16)10-12-20-14-15-6-4-3-5-7-15/h3-7,16-18H,2,8-14H2,1H3/t16-,17-,18+/m1/s1. The molecular weight excluding hydrogens is 278 g/mol. The van der Waals surface area contributed by atoms with E-state index < -0.39 is 0 Å². The van der Waals surface area contributed by atoms with Gasteiger partial charge in [-0.05, 0) is 25.3 Å². The van der Waals surface area contributed by atoms with Crippen LogP contribution >= 0.6 is 0 Å². The van der Waals surface area contributed by atoms with Gasteiger partial charge in [-0.3, -0.25) is 4.90 Å². The van der Waals surface area contributed by atoms with Crippen LogP contribution in [0.1, 0.15) is 25.3 Å². The molecule has 2 aliphatic rings. The van der Waals surface area contributed by atoms with Gasteiger partial charge in [0.05, 0.1) is 32.0 Å². The predicted octanol–water partition coefficient (Wildman–Crippen LogP) is 2.47. The van der Waals surface area contributed by atoms with Gasteiger partial charge in [-0.15, -0.1) is 0 Å². The Morgan fingerprint density at radius 3 is 2.91 bits per heavy atom. The van der Waals surface area contributed by atoms with Crippen molar-refractivity contribution >= 4 is 0 Å². The Labute approximate surface area is 133 Å². The van der Waals surface area contributed by atoms with Gasteiger partial charge in [-0.2, -0.15) is 0 Å². The molecule has 1 aromatic rings. The molecule has 1 aliphatic heterocycles. The van der Waals surface area contributed by atoms with E-state index in [-0.39, 0.29) is 6.10 Å². The maximum atomic E-state index is 5.96. The zero-order chi connectivity index (χ0) is 15.2. The predicted molar refractivity (Wildman–Crippen MR) is 85.8 cm³/mol. The average molecular weight is 305 g/mol. The van der Waals surface area contributed by atoms with Gasteiger partial charge in [0.15, 0.2) is 0 Å². The summed E-state index contributed by atoms with van der Waals surface area (Å²) in [5, 5.41) is 0. The Balaban J connectivity index is 1.47. The van der Waals surface area contributed by atoms with Crippen molar-refractivity contribution in [1.82, 2.24) is 4.90 Å². The maximum Gasteiger partial charge on any atom is 0.0991 e. The van der Waals surface area contributed by atoms with Crippen molar-refractivity contribution in [3.05, 3.63) is 35.9 Å². The van der Waals surface area contributed by atoms with E-state index in [9.17, 15) is 0 Å². The Morgan fingerprint density at radius 1 is 1.23 bits per heavy atom. The Hall–Kier alpha value is -0.940. The molecule has 4 heteroatoms. The van der Waals surface area contributed by atoms with Crippen LogP contribution in [0.25, 0.3) is 0 Å². The third-order valence-electron chi connectivity index (χ3n) is 4.67. The summed E-state index contributed by atoms with van der Waals surface area (Å²) in [6.45, 7) is 7.03. The van der Waals surface area contributed by atoms with Gasteiger partial charge in [-0.25, -0.2) is 0 Å². The lowest BCUT2D eigenvalue weighted by atomic mass is 10.1. The van der Waals surface area contributed by atoms with E-state index in [2.05, 4.69) is 36.1 Å². The van der Waals surface area contributed by atoms with E-state index in [0.717, 1.165) is 39.3 Å². The van der Waals surface area contributed by atoms with Crippen LogP contribution in [-0.2, 0) is 20.8 Å². The third kappa shape index (κ3) is 3.87. The number of fused-ring (bicyclic) bond motifs is 2. The minimum absolute atomic E-state index is 0.238. The van der Waals surface area contributed by atoms with Crippen molar-refractivity contribution in [3.63, 3.8) is 0 Å². The fourth-order valence-electron chi connectivity index (χ4n) is 3.60. The quantitative estimate of drug-likeness (QED) is 0.724. The first-order chi connectivity index (χ1) is 10.9. The molecule has 0 amide bonds. The van der Waals surface area contributed by atoms with Crippen molar-refractivity contribution in [1.29, 1.82) is 0 Å². The van der Waals surface area contributed by atoms with Crippen LogP contribution in [0.4, 0.5) is 0 Å². The number of nitrogens with zero attached hydrogens (tertiary/aromatic N) is 1. The first kappa shape index (κ1) is 15.9. The molecule has 1 heterocycles. The summed E-state index contributed by atoms with van der Waals surface area (Å²) in [5.41, 5.74) is 1.23. The van der Waals surface area contributed by atoms with Crippen LogP contribution in [0.2, 0.25) is 0 Å². The third-order valence-corrected chi connectivity index (χ3v) is 4.67. The van der Waals surface area contributed by atoms with Crippen LogP contribution in [0.15, 0.2) is 30.3 Å². The molecule has 2 bridgehead atoms. The molecule has 122 valence electrons. The highest BCUT2D eigenvalue weighted by atomic mass is 16.5. The van der Waals surface area contributed by atoms with Crippen LogP contribution in [0.5, 0.6) is 0 Å². The molecule has 0 N–H and O–H groups in total.